The van der Waals surface area contributed by atoms with Crippen LogP contribution in [0.3, 0.4) is 0 Å². The Morgan fingerprint density at radius 2 is 1.81 bits per heavy atom. The molecular weight excluding hydrogens is 413 g/mol. The van der Waals surface area contributed by atoms with E-state index in [9.17, 15) is 13.2 Å². The summed E-state index contributed by atoms with van der Waals surface area (Å²) in [5, 5.41) is 0.596. The molecule has 2 aromatic rings. The van der Waals surface area contributed by atoms with Crippen molar-refractivity contribution in [1.29, 1.82) is 0 Å². The van der Waals surface area contributed by atoms with Crippen LogP contribution in [0.4, 0.5) is 0 Å². The molecule has 0 saturated carbocycles. The van der Waals surface area contributed by atoms with Crippen LogP contribution in [0.15, 0.2) is 41.3 Å². The fraction of sp³-hybridized carbons (Fsp3) is 0.278. The minimum absolute atomic E-state index is 0.0704. The van der Waals surface area contributed by atoms with Gasteiger partial charge in [0, 0.05) is 18.1 Å². The summed E-state index contributed by atoms with van der Waals surface area (Å²) in [7, 11) is -3.73. The standard InChI is InChI=1S/C18H17Cl2NO5S/c1-12-2-3-13(18(22)26-16-5-4-14(19)11-15(16)20)10-17(12)27(23,24)21-6-8-25-9-7-21/h2-5,10-11H,6-9H2,1H3. The Morgan fingerprint density at radius 3 is 2.48 bits per heavy atom. The van der Waals surface area contributed by atoms with Gasteiger partial charge >= 0.3 is 5.97 Å². The topological polar surface area (TPSA) is 72.9 Å². The lowest BCUT2D eigenvalue weighted by molar-refractivity contribution is 0.0727. The second-order valence-corrected chi connectivity index (χ2v) is 8.71. The zero-order valence-electron chi connectivity index (χ0n) is 14.4. The zero-order chi connectivity index (χ0) is 19.6. The number of nitrogens with zero attached hydrogens (tertiary/aromatic N) is 1. The number of carbonyl (C=O) groups excluding carboxylic acids is 1. The average Bonchev–Trinajstić information content (AvgIpc) is 2.65. The molecule has 0 amide bonds. The highest BCUT2D eigenvalue weighted by molar-refractivity contribution is 7.89. The van der Waals surface area contributed by atoms with E-state index in [-0.39, 0.29) is 34.3 Å². The summed E-state index contributed by atoms with van der Waals surface area (Å²) in [6, 6.07) is 8.89. The predicted octanol–water partition coefficient (Wildman–Crippen LogP) is 3.54. The van der Waals surface area contributed by atoms with E-state index in [1.807, 2.05) is 0 Å². The highest BCUT2D eigenvalue weighted by Gasteiger charge is 2.28. The number of hydrogen-bond acceptors (Lipinski definition) is 5. The average molecular weight is 430 g/mol. The van der Waals surface area contributed by atoms with Crippen LogP contribution in [0.5, 0.6) is 5.75 Å². The molecule has 0 spiro atoms. The minimum atomic E-state index is -3.73. The SMILES string of the molecule is Cc1ccc(C(=O)Oc2ccc(Cl)cc2Cl)cc1S(=O)(=O)N1CCOCC1. The maximum Gasteiger partial charge on any atom is 0.343 e. The van der Waals surface area contributed by atoms with Crippen LogP contribution < -0.4 is 4.74 Å². The number of aryl methyl sites for hydroxylation is 1. The highest BCUT2D eigenvalue weighted by atomic mass is 35.5. The summed E-state index contributed by atoms with van der Waals surface area (Å²) in [4.78, 5) is 12.5. The van der Waals surface area contributed by atoms with Gasteiger partial charge in [0.05, 0.1) is 28.7 Å². The van der Waals surface area contributed by atoms with E-state index < -0.39 is 16.0 Å². The first kappa shape index (κ1) is 20.1. The number of hydrogen-bond donors (Lipinski definition) is 0. The summed E-state index contributed by atoms with van der Waals surface area (Å²) in [6.45, 7) is 2.91. The lowest BCUT2D eigenvalue weighted by atomic mass is 10.1. The smallest absolute Gasteiger partial charge is 0.343 e. The maximum absolute atomic E-state index is 12.9. The number of halogens is 2. The Balaban J connectivity index is 1.89. The van der Waals surface area contributed by atoms with Crippen molar-refractivity contribution in [2.24, 2.45) is 0 Å². The van der Waals surface area contributed by atoms with Gasteiger partial charge in [0.25, 0.3) is 0 Å². The normalized spacial score (nSPS) is 15.5. The number of esters is 1. The van der Waals surface area contributed by atoms with E-state index in [4.69, 9.17) is 32.7 Å². The summed E-state index contributed by atoms with van der Waals surface area (Å²) in [5.41, 5.74) is 0.654. The van der Waals surface area contributed by atoms with Gasteiger partial charge in [0.15, 0.2) is 0 Å². The van der Waals surface area contributed by atoms with E-state index in [1.165, 1.54) is 28.6 Å². The molecule has 0 bridgehead atoms. The molecular formula is C18H17Cl2NO5S. The third kappa shape index (κ3) is 4.44. The van der Waals surface area contributed by atoms with E-state index in [0.717, 1.165) is 0 Å². The van der Waals surface area contributed by atoms with Crippen molar-refractivity contribution in [1.82, 2.24) is 4.31 Å². The highest BCUT2D eigenvalue weighted by Crippen LogP contribution is 2.29. The molecule has 1 aliphatic rings. The minimum Gasteiger partial charge on any atom is -0.421 e. The molecule has 3 rings (SSSR count). The van der Waals surface area contributed by atoms with Crippen molar-refractivity contribution in [3.05, 3.63) is 57.6 Å². The first-order chi connectivity index (χ1) is 12.8. The van der Waals surface area contributed by atoms with E-state index in [2.05, 4.69) is 0 Å². The lowest BCUT2D eigenvalue weighted by Gasteiger charge is -2.26. The monoisotopic (exact) mass is 429 g/mol. The van der Waals surface area contributed by atoms with Gasteiger partial charge in [-0.15, -0.1) is 0 Å². The third-order valence-electron chi connectivity index (χ3n) is 4.11. The van der Waals surface area contributed by atoms with Crippen LogP contribution in [0.1, 0.15) is 15.9 Å². The molecule has 144 valence electrons. The van der Waals surface area contributed by atoms with Gasteiger partial charge < -0.3 is 9.47 Å². The molecule has 1 heterocycles. The van der Waals surface area contributed by atoms with E-state index >= 15 is 0 Å². The molecule has 0 aliphatic carbocycles. The number of carbonyl (C=O) groups is 1. The molecule has 2 aromatic carbocycles. The fourth-order valence-electron chi connectivity index (χ4n) is 2.65. The van der Waals surface area contributed by atoms with Crippen LogP contribution in [0.2, 0.25) is 10.0 Å². The third-order valence-corrected chi connectivity index (χ3v) is 6.68. The molecule has 0 atom stereocenters. The number of ether oxygens (including phenoxy) is 2. The Hall–Kier alpha value is -1.64. The van der Waals surface area contributed by atoms with Crippen molar-refractivity contribution < 1.29 is 22.7 Å². The number of rotatable bonds is 4. The number of morpholine rings is 1. The molecule has 0 aromatic heterocycles. The van der Waals surface area contributed by atoms with E-state index in [1.54, 1.807) is 19.1 Å². The van der Waals surface area contributed by atoms with Crippen LogP contribution >= 0.6 is 23.2 Å². The number of sulfonamides is 1. The van der Waals surface area contributed by atoms with Crippen molar-refractivity contribution in [3.63, 3.8) is 0 Å². The Morgan fingerprint density at radius 1 is 1.11 bits per heavy atom. The molecule has 1 aliphatic heterocycles. The van der Waals surface area contributed by atoms with Crippen molar-refractivity contribution in [3.8, 4) is 5.75 Å². The summed E-state index contributed by atoms with van der Waals surface area (Å²) < 4.78 is 37.7. The van der Waals surface area contributed by atoms with Gasteiger partial charge in [-0.25, -0.2) is 13.2 Å². The molecule has 9 heteroatoms. The first-order valence-electron chi connectivity index (χ1n) is 8.15. The maximum atomic E-state index is 12.9. The second kappa shape index (κ2) is 8.16. The summed E-state index contributed by atoms with van der Waals surface area (Å²) >= 11 is 11.8. The van der Waals surface area contributed by atoms with Crippen molar-refractivity contribution >= 4 is 39.2 Å². The zero-order valence-corrected chi connectivity index (χ0v) is 16.8. The number of benzene rings is 2. The summed E-state index contributed by atoms with van der Waals surface area (Å²) in [6.07, 6.45) is 0. The van der Waals surface area contributed by atoms with Crippen molar-refractivity contribution in [2.75, 3.05) is 26.3 Å². The molecule has 0 N–H and O–H groups in total. The molecule has 27 heavy (non-hydrogen) atoms. The Kier molecular flexibility index (Phi) is 6.08. The van der Waals surface area contributed by atoms with Gasteiger partial charge in [-0.1, -0.05) is 29.3 Å². The van der Waals surface area contributed by atoms with Crippen molar-refractivity contribution in [2.45, 2.75) is 11.8 Å². The lowest BCUT2D eigenvalue weighted by Crippen LogP contribution is -2.40. The van der Waals surface area contributed by atoms with Gasteiger partial charge in [0.2, 0.25) is 10.0 Å². The molecule has 6 nitrogen and oxygen atoms in total. The van der Waals surface area contributed by atoms with E-state index in [0.29, 0.717) is 23.8 Å². The van der Waals surface area contributed by atoms with Crippen LogP contribution in [-0.4, -0.2) is 45.0 Å². The Bertz CT molecular complexity index is 972. The van der Waals surface area contributed by atoms with Gasteiger partial charge in [-0.2, -0.15) is 4.31 Å². The predicted molar refractivity (Wildman–Crippen MR) is 102 cm³/mol. The fourth-order valence-corrected chi connectivity index (χ4v) is 4.75. The van der Waals surface area contributed by atoms with Gasteiger partial charge in [-0.3, -0.25) is 0 Å². The molecule has 1 fully saturated rings. The van der Waals surface area contributed by atoms with Crippen LogP contribution in [-0.2, 0) is 14.8 Å². The Labute approximate surface area is 167 Å². The largest absolute Gasteiger partial charge is 0.421 e. The van der Waals surface area contributed by atoms with Crippen LogP contribution in [0, 0.1) is 6.92 Å². The summed E-state index contributed by atoms with van der Waals surface area (Å²) in [5.74, 6) is -0.568. The quantitative estimate of drug-likeness (QED) is 0.548. The molecule has 0 unspecified atom stereocenters. The first-order valence-corrected chi connectivity index (χ1v) is 10.3. The molecule has 1 saturated heterocycles. The molecule has 0 radical (unpaired) electrons. The van der Waals surface area contributed by atoms with Crippen LogP contribution in [0.25, 0.3) is 0 Å². The second-order valence-electron chi connectivity index (χ2n) is 5.96. The van der Waals surface area contributed by atoms with Gasteiger partial charge in [-0.05, 0) is 42.8 Å². The van der Waals surface area contributed by atoms with Gasteiger partial charge in [0.1, 0.15) is 5.75 Å².